The van der Waals surface area contributed by atoms with Crippen LogP contribution in [0.1, 0.15) is 12.5 Å². The van der Waals surface area contributed by atoms with Crippen LogP contribution < -0.4 is 5.32 Å². The lowest BCUT2D eigenvalue weighted by atomic mass is 10.2. The smallest absolute Gasteiger partial charge is 0.234 e. The van der Waals surface area contributed by atoms with Crippen LogP contribution in [0.5, 0.6) is 0 Å². The van der Waals surface area contributed by atoms with Gasteiger partial charge in [0.15, 0.2) is 5.16 Å². The van der Waals surface area contributed by atoms with Crippen molar-refractivity contribution in [3.05, 3.63) is 52.5 Å². The van der Waals surface area contributed by atoms with Gasteiger partial charge < -0.3 is 9.88 Å². The quantitative estimate of drug-likeness (QED) is 0.618. The van der Waals surface area contributed by atoms with E-state index < -0.39 is 0 Å². The summed E-state index contributed by atoms with van der Waals surface area (Å²) in [5.74, 6) is 0.305. The summed E-state index contributed by atoms with van der Waals surface area (Å²) in [6, 6.07) is 13.9. The van der Waals surface area contributed by atoms with Crippen molar-refractivity contribution in [2.24, 2.45) is 0 Å². The standard InChI is InChI=1S/C18H18BrN3OS/c1-3-22-16-7-5-4-6-15(16)21-18(22)24-11-17(23)20-14-9-8-13(19)10-12(14)2/h4-10H,3,11H2,1-2H3,(H,20,23). The number of imidazole rings is 1. The first-order chi connectivity index (χ1) is 11.6. The summed E-state index contributed by atoms with van der Waals surface area (Å²) in [5, 5.41) is 3.84. The van der Waals surface area contributed by atoms with E-state index in [0.717, 1.165) is 38.5 Å². The fraction of sp³-hybridized carbons (Fsp3) is 0.222. The largest absolute Gasteiger partial charge is 0.325 e. The number of aryl methyl sites for hydroxylation is 2. The molecule has 1 heterocycles. The van der Waals surface area contributed by atoms with Crippen LogP contribution in [-0.2, 0) is 11.3 Å². The van der Waals surface area contributed by atoms with Crippen molar-refractivity contribution in [3.63, 3.8) is 0 Å². The van der Waals surface area contributed by atoms with Gasteiger partial charge in [0.1, 0.15) is 0 Å². The molecule has 4 nitrogen and oxygen atoms in total. The summed E-state index contributed by atoms with van der Waals surface area (Å²) in [7, 11) is 0. The average molecular weight is 404 g/mol. The molecule has 0 fully saturated rings. The van der Waals surface area contributed by atoms with Crippen molar-refractivity contribution in [3.8, 4) is 0 Å². The summed E-state index contributed by atoms with van der Waals surface area (Å²) in [6.45, 7) is 4.89. The first kappa shape index (κ1) is 17.0. The van der Waals surface area contributed by atoms with Crippen molar-refractivity contribution < 1.29 is 4.79 Å². The Bertz CT molecular complexity index is 891. The van der Waals surface area contributed by atoms with Crippen LogP contribution >= 0.6 is 27.7 Å². The van der Waals surface area contributed by atoms with Gasteiger partial charge in [-0.15, -0.1) is 0 Å². The number of aromatic nitrogens is 2. The molecule has 0 aliphatic heterocycles. The number of nitrogens with zero attached hydrogens (tertiary/aromatic N) is 2. The van der Waals surface area contributed by atoms with Gasteiger partial charge in [0.25, 0.3) is 0 Å². The van der Waals surface area contributed by atoms with Gasteiger partial charge >= 0.3 is 0 Å². The Morgan fingerprint density at radius 1 is 1.29 bits per heavy atom. The van der Waals surface area contributed by atoms with Gasteiger partial charge in [0, 0.05) is 16.7 Å². The number of hydrogen-bond acceptors (Lipinski definition) is 3. The van der Waals surface area contributed by atoms with Crippen LogP contribution in [0, 0.1) is 6.92 Å². The number of para-hydroxylation sites is 2. The van der Waals surface area contributed by atoms with Crippen molar-refractivity contribution in [2.45, 2.75) is 25.5 Å². The highest BCUT2D eigenvalue weighted by Gasteiger charge is 2.12. The van der Waals surface area contributed by atoms with E-state index in [1.165, 1.54) is 11.8 Å². The molecule has 1 amide bonds. The molecule has 0 atom stereocenters. The molecule has 0 aliphatic rings. The zero-order chi connectivity index (χ0) is 17.1. The van der Waals surface area contributed by atoms with E-state index in [1.807, 2.05) is 43.3 Å². The fourth-order valence-corrected chi connectivity index (χ4v) is 3.91. The van der Waals surface area contributed by atoms with E-state index in [9.17, 15) is 4.79 Å². The Morgan fingerprint density at radius 3 is 2.83 bits per heavy atom. The number of rotatable bonds is 5. The molecule has 2 aromatic carbocycles. The molecule has 24 heavy (non-hydrogen) atoms. The van der Waals surface area contributed by atoms with Crippen LogP contribution in [0.25, 0.3) is 11.0 Å². The van der Waals surface area contributed by atoms with Gasteiger partial charge in [-0.2, -0.15) is 0 Å². The van der Waals surface area contributed by atoms with Gasteiger partial charge in [-0.1, -0.05) is 39.8 Å². The highest BCUT2D eigenvalue weighted by Crippen LogP contribution is 2.25. The van der Waals surface area contributed by atoms with E-state index >= 15 is 0 Å². The molecule has 1 aromatic heterocycles. The molecule has 0 saturated heterocycles. The average Bonchev–Trinajstić information content (AvgIpc) is 2.93. The summed E-state index contributed by atoms with van der Waals surface area (Å²) in [6.07, 6.45) is 0. The molecular weight excluding hydrogens is 386 g/mol. The summed E-state index contributed by atoms with van der Waals surface area (Å²) < 4.78 is 3.14. The number of benzene rings is 2. The van der Waals surface area contributed by atoms with Gasteiger partial charge in [0.2, 0.25) is 5.91 Å². The molecular formula is C18H18BrN3OS. The maximum absolute atomic E-state index is 12.3. The Balaban J connectivity index is 1.70. The van der Waals surface area contributed by atoms with E-state index in [2.05, 4.69) is 43.8 Å². The number of fused-ring (bicyclic) bond motifs is 1. The van der Waals surface area contributed by atoms with Gasteiger partial charge in [0.05, 0.1) is 16.8 Å². The molecule has 6 heteroatoms. The minimum Gasteiger partial charge on any atom is -0.325 e. The van der Waals surface area contributed by atoms with Crippen LogP contribution in [0.4, 0.5) is 5.69 Å². The monoisotopic (exact) mass is 403 g/mol. The normalized spacial score (nSPS) is 11.0. The predicted octanol–water partition coefficient (Wildman–Crippen LogP) is 4.86. The third-order valence-corrected chi connectivity index (χ3v) is 5.20. The molecule has 3 rings (SSSR count). The molecule has 1 N–H and O–H groups in total. The lowest BCUT2D eigenvalue weighted by molar-refractivity contribution is -0.113. The van der Waals surface area contributed by atoms with Gasteiger partial charge in [-0.3, -0.25) is 4.79 Å². The summed E-state index contributed by atoms with van der Waals surface area (Å²) in [5.41, 5.74) is 3.94. The number of carbonyl (C=O) groups excluding carboxylic acids is 1. The molecule has 0 bridgehead atoms. The molecule has 0 saturated carbocycles. The third kappa shape index (κ3) is 3.65. The van der Waals surface area contributed by atoms with Crippen LogP contribution in [0.15, 0.2) is 52.1 Å². The Hall–Kier alpha value is -1.79. The molecule has 0 spiro atoms. The second kappa shape index (κ2) is 7.40. The second-order valence-electron chi connectivity index (χ2n) is 5.42. The highest BCUT2D eigenvalue weighted by atomic mass is 79.9. The first-order valence-corrected chi connectivity index (χ1v) is 9.50. The van der Waals surface area contributed by atoms with Crippen LogP contribution in [0.3, 0.4) is 0 Å². The number of halogens is 1. The third-order valence-electron chi connectivity index (χ3n) is 3.73. The fourth-order valence-electron chi connectivity index (χ4n) is 2.55. The second-order valence-corrected chi connectivity index (χ2v) is 7.28. The van der Waals surface area contributed by atoms with E-state index in [-0.39, 0.29) is 5.91 Å². The SMILES string of the molecule is CCn1c(SCC(=O)Nc2ccc(Br)cc2C)nc2ccccc21. The molecule has 3 aromatic rings. The minimum atomic E-state index is -0.0277. The topological polar surface area (TPSA) is 46.9 Å². The predicted molar refractivity (Wildman–Crippen MR) is 104 cm³/mol. The number of anilines is 1. The number of hydrogen-bond donors (Lipinski definition) is 1. The number of thioether (sulfide) groups is 1. The van der Waals surface area contributed by atoms with E-state index in [1.54, 1.807) is 0 Å². The highest BCUT2D eigenvalue weighted by molar-refractivity contribution is 9.10. The van der Waals surface area contributed by atoms with Crippen LogP contribution in [-0.4, -0.2) is 21.2 Å². The lowest BCUT2D eigenvalue weighted by Gasteiger charge is -2.09. The Morgan fingerprint density at radius 2 is 2.08 bits per heavy atom. The van der Waals surface area contributed by atoms with E-state index in [4.69, 9.17) is 0 Å². The zero-order valence-corrected chi connectivity index (χ0v) is 15.9. The van der Waals surface area contributed by atoms with Crippen LogP contribution in [0.2, 0.25) is 0 Å². The Labute approximate surface area is 153 Å². The number of amides is 1. The maximum atomic E-state index is 12.3. The molecule has 124 valence electrons. The summed E-state index contributed by atoms with van der Waals surface area (Å²) in [4.78, 5) is 16.9. The first-order valence-electron chi connectivity index (χ1n) is 7.72. The van der Waals surface area contributed by atoms with Crippen molar-refractivity contribution in [1.29, 1.82) is 0 Å². The number of nitrogens with one attached hydrogen (secondary N) is 1. The van der Waals surface area contributed by atoms with Gasteiger partial charge in [-0.25, -0.2) is 4.98 Å². The number of carbonyl (C=O) groups is 1. The molecule has 0 aliphatic carbocycles. The molecule has 0 radical (unpaired) electrons. The van der Waals surface area contributed by atoms with Crippen molar-refractivity contribution in [2.75, 3.05) is 11.1 Å². The van der Waals surface area contributed by atoms with Crippen molar-refractivity contribution in [1.82, 2.24) is 9.55 Å². The summed E-state index contributed by atoms with van der Waals surface area (Å²) >= 11 is 4.89. The van der Waals surface area contributed by atoms with Crippen molar-refractivity contribution >= 4 is 50.3 Å². The van der Waals surface area contributed by atoms with E-state index in [0.29, 0.717) is 5.75 Å². The lowest BCUT2D eigenvalue weighted by Crippen LogP contribution is -2.15. The molecule has 0 unspecified atom stereocenters. The minimum absolute atomic E-state index is 0.0277. The maximum Gasteiger partial charge on any atom is 0.234 e. The van der Waals surface area contributed by atoms with Gasteiger partial charge in [-0.05, 0) is 49.7 Å². The Kier molecular flexibility index (Phi) is 5.26. The zero-order valence-electron chi connectivity index (χ0n) is 13.5.